The maximum absolute atomic E-state index is 10.7. The van der Waals surface area contributed by atoms with Gasteiger partial charge in [-0.1, -0.05) is 0 Å². The maximum atomic E-state index is 10.7. The predicted molar refractivity (Wildman–Crippen MR) is 29.3 cm³/mol. The number of hydrogen-bond acceptors (Lipinski definition) is 2. The van der Waals surface area contributed by atoms with Crippen LogP contribution in [0.1, 0.15) is 6.92 Å². The van der Waals surface area contributed by atoms with Gasteiger partial charge in [-0.3, -0.25) is 8.94 Å². The lowest BCUT2D eigenvalue weighted by Gasteiger charge is -1.97. The van der Waals surface area contributed by atoms with Crippen molar-refractivity contribution in [3.05, 3.63) is 0 Å². The van der Waals surface area contributed by atoms with Crippen molar-refractivity contribution in [2.75, 3.05) is 6.67 Å². The quantitative estimate of drug-likeness (QED) is 0.362. The zero-order valence-electron chi connectivity index (χ0n) is 5.39. The van der Waals surface area contributed by atoms with Gasteiger partial charge in [0.1, 0.15) is 0 Å². The molecule has 0 rings (SSSR count). The van der Waals surface area contributed by atoms with Gasteiger partial charge < -0.3 is 0 Å². The third kappa shape index (κ3) is 7.53. The van der Waals surface area contributed by atoms with Crippen molar-refractivity contribution in [1.29, 1.82) is 0 Å². The molecule has 0 unspecified atom stereocenters. The van der Waals surface area contributed by atoms with Gasteiger partial charge in [0, 0.05) is 0 Å². The van der Waals surface area contributed by atoms with Crippen molar-refractivity contribution in [2.24, 2.45) is 0 Å². The molecule has 0 aliphatic rings. The fourth-order valence-corrected chi connectivity index (χ4v) is 0. The standard InChI is InChI=1S/C2H5F.CHF3O3S/c1-2-3;2-1(3,4)8(5,6)7/h2H2,1H3;(H,5,6,7)/i3-1;. The summed E-state index contributed by atoms with van der Waals surface area (Å²) in [7, 11) is -5.84. The van der Waals surface area contributed by atoms with Gasteiger partial charge >= 0.3 is 15.6 Å². The molecule has 0 amide bonds. The molecular formula is C3H6F4O3S. The van der Waals surface area contributed by atoms with E-state index < -0.39 is 15.6 Å². The summed E-state index contributed by atoms with van der Waals surface area (Å²) in [4.78, 5) is 0. The van der Waals surface area contributed by atoms with E-state index in [1.165, 1.54) is 6.92 Å². The summed E-state index contributed by atoms with van der Waals surface area (Å²) in [6.45, 7) is 1.21. The van der Waals surface area contributed by atoms with E-state index in [1.807, 2.05) is 0 Å². The molecule has 0 saturated heterocycles. The Labute approximate surface area is 60.8 Å². The fourth-order valence-electron chi connectivity index (χ4n) is 0. The van der Waals surface area contributed by atoms with Crippen LogP contribution in [0.2, 0.25) is 0 Å². The second-order valence-electron chi connectivity index (χ2n) is 1.19. The van der Waals surface area contributed by atoms with Gasteiger partial charge in [0.15, 0.2) is 0 Å². The van der Waals surface area contributed by atoms with Gasteiger partial charge in [-0.2, -0.15) is 21.6 Å². The van der Waals surface area contributed by atoms with Crippen LogP contribution in [0, 0.1) is 0 Å². The average Bonchev–Trinajstić information content (AvgIpc) is 1.60. The highest BCUT2D eigenvalue weighted by atomic mass is 32.2. The minimum Gasteiger partial charge on any atom is -0.279 e. The van der Waals surface area contributed by atoms with Gasteiger partial charge in [0.05, 0.1) is 6.67 Å². The number of hydrogen-bond donors (Lipinski definition) is 1. The maximum Gasteiger partial charge on any atom is 0.522 e. The third-order valence-electron chi connectivity index (χ3n) is 0.292. The highest BCUT2D eigenvalue weighted by molar-refractivity contribution is 7.86. The summed E-state index contributed by atoms with van der Waals surface area (Å²) < 4.78 is 67.8. The molecule has 0 fully saturated rings. The number of halogens is 4. The zero-order valence-corrected chi connectivity index (χ0v) is 6.21. The Morgan fingerprint density at radius 2 is 1.45 bits per heavy atom. The van der Waals surface area contributed by atoms with Crippen molar-refractivity contribution in [3.8, 4) is 0 Å². The fraction of sp³-hybridized carbons (Fsp3) is 1.00. The first-order chi connectivity index (χ1) is 4.66. The highest BCUT2D eigenvalue weighted by Crippen LogP contribution is 2.20. The lowest BCUT2D eigenvalue weighted by Crippen LogP contribution is -2.21. The molecule has 0 aromatic rings. The molecule has 1 N–H and O–H groups in total. The van der Waals surface area contributed by atoms with Crippen LogP contribution in [0.5, 0.6) is 0 Å². The Hall–Kier alpha value is -0.370. The lowest BCUT2D eigenvalue weighted by molar-refractivity contribution is -0.0510. The van der Waals surface area contributed by atoms with Crippen LogP contribution in [0.15, 0.2) is 0 Å². The minimum absolute atomic E-state index is 0.250. The van der Waals surface area contributed by atoms with E-state index in [4.69, 9.17) is 13.0 Å². The second-order valence-corrected chi connectivity index (χ2v) is 2.60. The molecule has 0 aliphatic carbocycles. The van der Waals surface area contributed by atoms with E-state index >= 15 is 0 Å². The summed E-state index contributed by atoms with van der Waals surface area (Å²) in [5, 5.41) is 0. The van der Waals surface area contributed by atoms with Gasteiger partial charge in [0.25, 0.3) is 0 Å². The molecule has 0 bridgehead atoms. The first-order valence-electron chi connectivity index (χ1n) is 2.26. The van der Waals surface area contributed by atoms with E-state index in [0.29, 0.717) is 0 Å². The minimum atomic E-state index is -5.84. The molecule has 0 aromatic carbocycles. The van der Waals surface area contributed by atoms with E-state index in [9.17, 15) is 17.6 Å². The third-order valence-corrected chi connectivity index (χ3v) is 0.877. The zero-order chi connectivity index (χ0) is 9.71. The van der Waals surface area contributed by atoms with Gasteiger partial charge in [-0.15, -0.1) is 0 Å². The topological polar surface area (TPSA) is 54.4 Å². The first kappa shape index (κ1) is 13.2. The Kier molecular flexibility index (Phi) is 5.41. The van der Waals surface area contributed by atoms with Gasteiger partial charge in [-0.25, -0.2) is 0 Å². The van der Waals surface area contributed by atoms with Crippen molar-refractivity contribution in [3.63, 3.8) is 0 Å². The molecule has 0 spiro atoms. The van der Waals surface area contributed by atoms with Crippen LogP contribution in [0.3, 0.4) is 0 Å². The monoisotopic (exact) mass is 197 g/mol. The molecule has 70 valence electrons. The molecular weight excluding hydrogens is 191 g/mol. The lowest BCUT2D eigenvalue weighted by atomic mass is 10.9. The molecule has 8 heteroatoms. The summed E-state index contributed by atoms with van der Waals surface area (Å²) in [6.07, 6.45) is 0. The van der Waals surface area contributed by atoms with E-state index in [1.54, 1.807) is 0 Å². The summed E-state index contributed by atoms with van der Waals surface area (Å²) in [5.74, 6) is 0. The average molecular weight is 197 g/mol. The van der Waals surface area contributed by atoms with Crippen molar-refractivity contribution in [1.82, 2.24) is 0 Å². The first-order valence-corrected chi connectivity index (χ1v) is 3.70. The molecule has 0 aliphatic heterocycles. The predicted octanol–water partition coefficient (Wildman–Crippen LogP) is 1.37. The molecule has 0 heterocycles. The molecule has 0 saturated carbocycles. The molecule has 0 radical (unpaired) electrons. The van der Waals surface area contributed by atoms with Gasteiger partial charge in [-0.05, 0) is 6.92 Å². The highest BCUT2D eigenvalue weighted by Gasteiger charge is 2.44. The Bertz CT molecular complexity index is 181. The van der Waals surface area contributed by atoms with Crippen molar-refractivity contribution in [2.45, 2.75) is 12.4 Å². The summed E-state index contributed by atoms with van der Waals surface area (Å²) in [5.41, 5.74) is -5.53. The Morgan fingerprint density at radius 1 is 1.36 bits per heavy atom. The molecule has 11 heavy (non-hydrogen) atoms. The molecule has 3 nitrogen and oxygen atoms in total. The van der Waals surface area contributed by atoms with Crippen LogP contribution in [0.25, 0.3) is 0 Å². The van der Waals surface area contributed by atoms with Crippen LogP contribution in [0.4, 0.5) is 17.6 Å². The van der Waals surface area contributed by atoms with E-state index in [0.717, 1.165) is 0 Å². The summed E-state index contributed by atoms with van der Waals surface area (Å²) in [6, 6.07) is 0. The molecule has 0 atom stereocenters. The second kappa shape index (κ2) is 4.50. The van der Waals surface area contributed by atoms with Crippen LogP contribution < -0.4 is 0 Å². The smallest absolute Gasteiger partial charge is 0.279 e. The van der Waals surface area contributed by atoms with E-state index in [-0.39, 0.29) is 6.67 Å². The number of rotatable bonds is 0. The largest absolute Gasteiger partial charge is 0.522 e. The van der Waals surface area contributed by atoms with Crippen LogP contribution >= 0.6 is 0 Å². The normalized spacial score (nSPS) is 11.8. The SMILES string of the molecule is CC[18F].O=S(=O)(O)C(F)(F)F. The van der Waals surface area contributed by atoms with Crippen LogP contribution in [-0.4, -0.2) is 25.2 Å². The van der Waals surface area contributed by atoms with Gasteiger partial charge in [0.2, 0.25) is 0 Å². The number of alkyl halides is 4. The Morgan fingerprint density at radius 3 is 1.45 bits per heavy atom. The van der Waals surface area contributed by atoms with Crippen LogP contribution in [-0.2, 0) is 10.1 Å². The van der Waals surface area contributed by atoms with Crippen molar-refractivity contribution >= 4 is 10.1 Å². The van der Waals surface area contributed by atoms with Crippen molar-refractivity contribution < 1.29 is 30.5 Å². The molecule has 0 aromatic heterocycles. The Balaban J connectivity index is 0. The summed E-state index contributed by atoms with van der Waals surface area (Å²) >= 11 is 0. The van der Waals surface area contributed by atoms with E-state index in [2.05, 4.69) is 0 Å².